The van der Waals surface area contributed by atoms with Crippen LogP contribution in [0, 0.1) is 6.92 Å². The van der Waals surface area contributed by atoms with Gasteiger partial charge in [-0.25, -0.2) is 0 Å². The summed E-state index contributed by atoms with van der Waals surface area (Å²) >= 11 is 0. The van der Waals surface area contributed by atoms with Gasteiger partial charge < -0.3 is 19.7 Å². The standard InChI is InChI=1S/C27H38N2O4/c1-7-20(4)28-27(31)23(8-2)29(18-22-11-9-10-19(3)16-22)26(30)15-13-21-12-14-24(32-5)25(17-21)33-6/h9-12,14,16-17,20,23H,7-8,13,15,18H2,1-6H3,(H,28,31). The van der Waals surface area contributed by atoms with Crippen molar-refractivity contribution in [3.8, 4) is 11.5 Å². The number of nitrogens with zero attached hydrogens (tertiary/aromatic N) is 1. The zero-order valence-corrected chi connectivity index (χ0v) is 20.8. The minimum Gasteiger partial charge on any atom is -0.493 e. The monoisotopic (exact) mass is 454 g/mol. The van der Waals surface area contributed by atoms with Crippen LogP contribution in [0.15, 0.2) is 42.5 Å². The molecule has 0 heterocycles. The fourth-order valence-electron chi connectivity index (χ4n) is 3.80. The fraction of sp³-hybridized carbons (Fsp3) is 0.481. The van der Waals surface area contributed by atoms with Crippen LogP contribution in [-0.4, -0.2) is 43.0 Å². The number of ether oxygens (including phenoxy) is 2. The second kappa shape index (κ2) is 12.9. The summed E-state index contributed by atoms with van der Waals surface area (Å²) in [4.78, 5) is 28.2. The SMILES string of the molecule is CCC(C)NC(=O)C(CC)N(Cc1cccc(C)c1)C(=O)CCc1ccc(OC)c(OC)c1. The topological polar surface area (TPSA) is 67.9 Å². The van der Waals surface area contributed by atoms with E-state index in [9.17, 15) is 9.59 Å². The van der Waals surface area contributed by atoms with Crippen molar-refractivity contribution in [3.05, 3.63) is 59.2 Å². The number of nitrogens with one attached hydrogen (secondary N) is 1. The number of carbonyl (C=O) groups excluding carboxylic acids is 2. The summed E-state index contributed by atoms with van der Waals surface area (Å²) < 4.78 is 10.7. The second-order valence-corrected chi connectivity index (χ2v) is 8.44. The molecule has 0 aromatic heterocycles. The Bertz CT molecular complexity index is 928. The largest absolute Gasteiger partial charge is 0.493 e. The van der Waals surface area contributed by atoms with Crippen molar-refractivity contribution in [1.29, 1.82) is 0 Å². The van der Waals surface area contributed by atoms with Crippen molar-refractivity contribution in [2.45, 2.75) is 72.0 Å². The molecular formula is C27H38N2O4. The van der Waals surface area contributed by atoms with E-state index in [2.05, 4.69) is 11.4 Å². The number of hydrogen-bond acceptors (Lipinski definition) is 4. The van der Waals surface area contributed by atoms with Gasteiger partial charge in [0.2, 0.25) is 11.8 Å². The zero-order chi connectivity index (χ0) is 24.4. The molecule has 2 atom stereocenters. The zero-order valence-electron chi connectivity index (χ0n) is 20.8. The van der Waals surface area contributed by atoms with Gasteiger partial charge in [0.15, 0.2) is 11.5 Å². The van der Waals surface area contributed by atoms with Crippen LogP contribution >= 0.6 is 0 Å². The average molecular weight is 455 g/mol. The van der Waals surface area contributed by atoms with Gasteiger partial charge in [-0.15, -0.1) is 0 Å². The second-order valence-electron chi connectivity index (χ2n) is 8.44. The molecule has 2 amide bonds. The van der Waals surface area contributed by atoms with E-state index < -0.39 is 6.04 Å². The van der Waals surface area contributed by atoms with Gasteiger partial charge in [-0.05, 0) is 56.4 Å². The Kier molecular flexibility index (Phi) is 10.2. The van der Waals surface area contributed by atoms with E-state index >= 15 is 0 Å². The minimum absolute atomic E-state index is 0.0440. The van der Waals surface area contributed by atoms with Crippen molar-refractivity contribution >= 4 is 11.8 Å². The van der Waals surface area contributed by atoms with Crippen LogP contribution in [0.25, 0.3) is 0 Å². The van der Waals surface area contributed by atoms with E-state index in [1.807, 2.05) is 64.1 Å². The Labute approximate surface area is 198 Å². The summed E-state index contributed by atoms with van der Waals surface area (Å²) in [7, 11) is 3.19. The first-order valence-corrected chi connectivity index (χ1v) is 11.7. The summed E-state index contributed by atoms with van der Waals surface area (Å²) in [6.07, 6.45) is 2.24. The van der Waals surface area contributed by atoms with Gasteiger partial charge in [0.1, 0.15) is 6.04 Å². The Balaban J connectivity index is 2.23. The highest BCUT2D eigenvalue weighted by molar-refractivity contribution is 5.88. The maximum absolute atomic E-state index is 13.4. The average Bonchev–Trinajstić information content (AvgIpc) is 2.81. The summed E-state index contributed by atoms with van der Waals surface area (Å²) in [5.74, 6) is 1.15. The quantitative estimate of drug-likeness (QED) is 0.506. The van der Waals surface area contributed by atoms with Crippen molar-refractivity contribution in [3.63, 3.8) is 0 Å². The van der Waals surface area contributed by atoms with Gasteiger partial charge in [-0.1, -0.05) is 49.7 Å². The van der Waals surface area contributed by atoms with Gasteiger partial charge in [0.05, 0.1) is 14.2 Å². The van der Waals surface area contributed by atoms with Crippen LogP contribution in [0.5, 0.6) is 11.5 Å². The van der Waals surface area contributed by atoms with Gasteiger partial charge in [0, 0.05) is 19.0 Å². The lowest BCUT2D eigenvalue weighted by atomic mass is 10.0. The van der Waals surface area contributed by atoms with Crippen molar-refractivity contribution in [1.82, 2.24) is 10.2 Å². The van der Waals surface area contributed by atoms with E-state index in [0.29, 0.717) is 37.3 Å². The molecule has 0 radical (unpaired) electrons. The number of rotatable bonds is 12. The third-order valence-corrected chi connectivity index (χ3v) is 5.90. The summed E-state index contributed by atoms with van der Waals surface area (Å²) in [6, 6.07) is 13.3. The predicted octanol–water partition coefficient (Wildman–Crippen LogP) is 4.67. The van der Waals surface area contributed by atoms with E-state index in [0.717, 1.165) is 23.1 Å². The molecule has 0 saturated heterocycles. The molecule has 33 heavy (non-hydrogen) atoms. The summed E-state index contributed by atoms with van der Waals surface area (Å²) in [5.41, 5.74) is 3.13. The number of benzene rings is 2. The molecule has 0 fully saturated rings. The molecule has 1 N–H and O–H groups in total. The van der Waals surface area contributed by atoms with Gasteiger partial charge in [0.25, 0.3) is 0 Å². The van der Waals surface area contributed by atoms with Crippen LogP contribution in [0.4, 0.5) is 0 Å². The molecule has 0 aliphatic rings. The molecule has 6 nitrogen and oxygen atoms in total. The van der Waals surface area contributed by atoms with Crippen LogP contribution < -0.4 is 14.8 Å². The first kappa shape index (κ1) is 26.2. The highest BCUT2D eigenvalue weighted by Crippen LogP contribution is 2.28. The minimum atomic E-state index is -0.516. The van der Waals surface area contributed by atoms with Gasteiger partial charge in [-0.2, -0.15) is 0 Å². The Morgan fingerprint density at radius 2 is 1.70 bits per heavy atom. The lowest BCUT2D eigenvalue weighted by Gasteiger charge is -2.31. The molecule has 0 spiro atoms. The maximum Gasteiger partial charge on any atom is 0.243 e. The van der Waals surface area contributed by atoms with E-state index in [1.54, 1.807) is 19.1 Å². The van der Waals surface area contributed by atoms with E-state index in [4.69, 9.17) is 9.47 Å². The third kappa shape index (κ3) is 7.52. The number of amides is 2. The highest BCUT2D eigenvalue weighted by atomic mass is 16.5. The van der Waals surface area contributed by atoms with E-state index in [1.165, 1.54) is 0 Å². The summed E-state index contributed by atoms with van der Waals surface area (Å²) in [5, 5.41) is 3.05. The van der Waals surface area contributed by atoms with Crippen molar-refractivity contribution in [2.75, 3.05) is 14.2 Å². The first-order valence-electron chi connectivity index (χ1n) is 11.7. The van der Waals surface area contributed by atoms with Gasteiger partial charge >= 0.3 is 0 Å². The maximum atomic E-state index is 13.4. The van der Waals surface area contributed by atoms with Gasteiger partial charge in [-0.3, -0.25) is 9.59 Å². The van der Waals surface area contributed by atoms with Crippen LogP contribution in [-0.2, 0) is 22.6 Å². The van der Waals surface area contributed by atoms with E-state index in [-0.39, 0.29) is 17.9 Å². The number of aryl methyl sites for hydroxylation is 2. The lowest BCUT2D eigenvalue weighted by Crippen LogP contribution is -2.50. The first-order chi connectivity index (χ1) is 15.8. The van der Waals surface area contributed by atoms with Crippen molar-refractivity contribution < 1.29 is 19.1 Å². The van der Waals surface area contributed by atoms with Crippen LogP contribution in [0.3, 0.4) is 0 Å². The highest BCUT2D eigenvalue weighted by Gasteiger charge is 2.29. The molecule has 2 rings (SSSR count). The molecule has 0 aliphatic heterocycles. The normalized spacial score (nSPS) is 12.5. The molecule has 2 aromatic rings. The number of hydrogen-bond donors (Lipinski definition) is 1. The molecule has 0 aliphatic carbocycles. The molecule has 2 aromatic carbocycles. The molecule has 0 saturated carbocycles. The third-order valence-electron chi connectivity index (χ3n) is 5.90. The Hall–Kier alpha value is -3.02. The lowest BCUT2D eigenvalue weighted by molar-refractivity contribution is -0.141. The number of methoxy groups -OCH3 is 2. The summed E-state index contributed by atoms with van der Waals surface area (Å²) in [6.45, 7) is 8.39. The molecule has 6 heteroatoms. The molecular weight excluding hydrogens is 416 g/mol. The molecule has 0 bridgehead atoms. The predicted molar refractivity (Wildman–Crippen MR) is 132 cm³/mol. The van der Waals surface area contributed by atoms with Crippen molar-refractivity contribution in [2.24, 2.45) is 0 Å². The van der Waals surface area contributed by atoms with Crippen LogP contribution in [0.2, 0.25) is 0 Å². The Morgan fingerprint density at radius 3 is 2.30 bits per heavy atom. The molecule has 2 unspecified atom stereocenters. The smallest absolute Gasteiger partial charge is 0.243 e. The number of carbonyl (C=O) groups is 2. The Morgan fingerprint density at radius 1 is 0.970 bits per heavy atom. The fourth-order valence-corrected chi connectivity index (χ4v) is 3.80. The van der Waals surface area contributed by atoms with Crippen LogP contribution in [0.1, 0.15) is 56.7 Å². The molecule has 180 valence electrons.